The van der Waals surface area contributed by atoms with E-state index in [4.69, 9.17) is 9.05 Å². The monoisotopic (exact) mass is 529 g/mol. The van der Waals surface area contributed by atoms with Gasteiger partial charge in [0.15, 0.2) is 0 Å². The van der Waals surface area contributed by atoms with E-state index in [1.807, 2.05) is 13.8 Å². The third-order valence-corrected chi connectivity index (χ3v) is 8.52. The maximum absolute atomic E-state index is 12.2. The molecular weight excluding hydrogens is 463 g/mol. The summed E-state index contributed by atoms with van der Waals surface area (Å²) in [5.41, 5.74) is 0. The molecule has 0 radical (unpaired) electrons. The first kappa shape index (κ1) is 36.0. The van der Waals surface area contributed by atoms with Crippen molar-refractivity contribution in [1.82, 2.24) is 0 Å². The normalized spacial score (nSPS) is 13.7. The summed E-state index contributed by atoms with van der Waals surface area (Å²) >= 11 is 0. The fourth-order valence-corrected chi connectivity index (χ4v) is 5.82. The van der Waals surface area contributed by atoms with Gasteiger partial charge < -0.3 is 0 Å². The van der Waals surface area contributed by atoms with Crippen LogP contribution in [-0.4, -0.2) is 12.2 Å². The first-order valence-corrected chi connectivity index (χ1v) is 17.5. The second-order valence-electron chi connectivity index (χ2n) is 11.4. The van der Waals surface area contributed by atoms with Crippen molar-refractivity contribution in [2.24, 2.45) is 0 Å². The second-order valence-corrected chi connectivity index (χ2v) is 12.3. The second kappa shape index (κ2) is 29.6. The van der Waals surface area contributed by atoms with Gasteiger partial charge in [-0.05, 0) is 26.7 Å². The van der Waals surface area contributed by atoms with Crippen LogP contribution in [0.1, 0.15) is 195 Å². The molecule has 0 bridgehead atoms. The maximum Gasteiger partial charge on any atom is 0.697 e. The lowest BCUT2D eigenvalue weighted by Gasteiger charge is -2.07. The molecule has 2 atom stereocenters. The third-order valence-electron chi connectivity index (χ3n) is 7.46. The maximum atomic E-state index is 12.2. The molecule has 0 aromatic heterocycles. The lowest BCUT2D eigenvalue weighted by Crippen LogP contribution is -2.07. The third kappa shape index (κ3) is 28.6. The minimum Gasteiger partial charge on any atom is -0.116 e. The highest BCUT2D eigenvalue weighted by Gasteiger charge is 2.27. The van der Waals surface area contributed by atoms with Crippen LogP contribution in [0.4, 0.5) is 0 Å². The largest absolute Gasteiger partial charge is 0.697 e. The Morgan fingerprint density at radius 2 is 0.639 bits per heavy atom. The van der Waals surface area contributed by atoms with Crippen LogP contribution in [0.25, 0.3) is 0 Å². The molecule has 36 heavy (non-hydrogen) atoms. The Kier molecular flexibility index (Phi) is 29.6. The van der Waals surface area contributed by atoms with Crippen molar-refractivity contribution >= 4 is 8.25 Å². The molecule has 216 valence electrons. The van der Waals surface area contributed by atoms with Gasteiger partial charge in [-0.3, -0.25) is 0 Å². The van der Waals surface area contributed by atoms with Crippen molar-refractivity contribution in [1.29, 1.82) is 0 Å². The zero-order chi connectivity index (χ0) is 26.5. The molecule has 4 heteroatoms. The van der Waals surface area contributed by atoms with Gasteiger partial charge in [-0.1, -0.05) is 168 Å². The summed E-state index contributed by atoms with van der Waals surface area (Å²) in [5.74, 6) is 0. The van der Waals surface area contributed by atoms with Crippen LogP contribution < -0.4 is 0 Å². The predicted octanol–water partition coefficient (Wildman–Crippen LogP) is 12.6. The molecule has 0 aliphatic rings. The Hall–Kier alpha value is 0.0200. The molecule has 0 heterocycles. The number of hydrogen-bond acceptors (Lipinski definition) is 3. The van der Waals surface area contributed by atoms with Crippen molar-refractivity contribution < 1.29 is 13.6 Å². The van der Waals surface area contributed by atoms with Crippen LogP contribution in [0.5, 0.6) is 0 Å². The molecule has 0 fully saturated rings. The van der Waals surface area contributed by atoms with Gasteiger partial charge in [0.05, 0.1) is 0 Å². The highest BCUT2D eigenvalue weighted by molar-refractivity contribution is 7.33. The zero-order valence-corrected chi connectivity index (χ0v) is 26.1. The SMILES string of the molecule is CCCCCCCCCCCCCCC(C)O[P+](=O)OC(C)CCCCCCCCCCCCCC. The molecule has 2 unspecified atom stereocenters. The summed E-state index contributed by atoms with van der Waals surface area (Å²) in [6, 6.07) is 0. The van der Waals surface area contributed by atoms with Crippen LogP contribution >= 0.6 is 8.25 Å². The molecule has 0 aliphatic heterocycles. The molecule has 0 spiro atoms. The van der Waals surface area contributed by atoms with Gasteiger partial charge in [0, 0.05) is 4.57 Å². The van der Waals surface area contributed by atoms with Gasteiger partial charge in [0.1, 0.15) is 12.2 Å². The number of rotatable bonds is 30. The summed E-state index contributed by atoms with van der Waals surface area (Å²) in [6.07, 6.45) is 34.7. The van der Waals surface area contributed by atoms with E-state index < -0.39 is 8.25 Å². The minimum atomic E-state index is -1.99. The Labute approximate surface area is 228 Å². The van der Waals surface area contributed by atoms with Gasteiger partial charge in [0.2, 0.25) is 0 Å². The van der Waals surface area contributed by atoms with E-state index in [0.717, 1.165) is 25.7 Å². The van der Waals surface area contributed by atoms with Crippen LogP contribution in [0, 0.1) is 0 Å². The molecule has 0 N–H and O–H groups in total. The van der Waals surface area contributed by atoms with Crippen molar-refractivity contribution in [3.8, 4) is 0 Å². The summed E-state index contributed by atoms with van der Waals surface area (Å²) < 4.78 is 23.4. The molecule has 0 amide bonds. The minimum absolute atomic E-state index is 0.0237. The number of unbranched alkanes of at least 4 members (excludes halogenated alkanes) is 22. The molecular formula is C32H66O3P+. The standard InChI is InChI=1S/C32H66O3P/c1-5-7-9-11-13-15-17-19-21-23-25-27-29-31(3)34-36(33)35-32(4)30-28-26-24-22-20-18-16-14-12-10-8-6-2/h31-32H,5-30H2,1-4H3/q+1. The van der Waals surface area contributed by atoms with E-state index >= 15 is 0 Å². The zero-order valence-electron chi connectivity index (χ0n) is 25.2. The first-order valence-electron chi connectivity index (χ1n) is 16.4. The smallest absolute Gasteiger partial charge is 0.116 e. The van der Waals surface area contributed by atoms with E-state index in [9.17, 15) is 4.57 Å². The Morgan fingerprint density at radius 3 is 0.889 bits per heavy atom. The summed E-state index contributed by atoms with van der Waals surface area (Å²) in [7, 11) is -1.99. The van der Waals surface area contributed by atoms with Gasteiger partial charge in [-0.25, -0.2) is 0 Å². The van der Waals surface area contributed by atoms with Crippen LogP contribution in [0.15, 0.2) is 0 Å². The Morgan fingerprint density at radius 1 is 0.417 bits per heavy atom. The molecule has 0 aromatic carbocycles. The van der Waals surface area contributed by atoms with Gasteiger partial charge in [0.25, 0.3) is 0 Å². The topological polar surface area (TPSA) is 35.5 Å². The fraction of sp³-hybridized carbons (Fsp3) is 1.00. The highest BCUT2D eigenvalue weighted by Crippen LogP contribution is 2.31. The summed E-state index contributed by atoms with van der Waals surface area (Å²) in [5, 5.41) is 0. The summed E-state index contributed by atoms with van der Waals surface area (Å²) in [4.78, 5) is 0. The predicted molar refractivity (Wildman–Crippen MR) is 160 cm³/mol. The lowest BCUT2D eigenvalue weighted by atomic mass is 10.0. The molecule has 0 rings (SSSR count). The van der Waals surface area contributed by atoms with Crippen LogP contribution in [-0.2, 0) is 13.6 Å². The van der Waals surface area contributed by atoms with Crippen LogP contribution in [0.2, 0.25) is 0 Å². The molecule has 0 saturated heterocycles. The van der Waals surface area contributed by atoms with E-state index in [0.29, 0.717) is 0 Å². The van der Waals surface area contributed by atoms with Crippen molar-refractivity contribution in [2.75, 3.05) is 0 Å². The lowest BCUT2D eigenvalue weighted by molar-refractivity contribution is 0.133. The summed E-state index contributed by atoms with van der Waals surface area (Å²) in [6.45, 7) is 8.63. The van der Waals surface area contributed by atoms with Crippen molar-refractivity contribution in [3.63, 3.8) is 0 Å². The number of hydrogen-bond donors (Lipinski definition) is 0. The average Bonchev–Trinajstić information content (AvgIpc) is 2.85. The Balaban J connectivity index is 3.42. The molecule has 0 saturated carbocycles. The molecule has 0 aromatic rings. The van der Waals surface area contributed by atoms with E-state index in [1.165, 1.54) is 141 Å². The van der Waals surface area contributed by atoms with Crippen molar-refractivity contribution in [3.05, 3.63) is 0 Å². The van der Waals surface area contributed by atoms with Crippen LogP contribution in [0.3, 0.4) is 0 Å². The first-order chi connectivity index (χ1) is 17.6. The van der Waals surface area contributed by atoms with E-state index in [-0.39, 0.29) is 12.2 Å². The molecule has 3 nitrogen and oxygen atoms in total. The van der Waals surface area contributed by atoms with E-state index in [2.05, 4.69) is 13.8 Å². The van der Waals surface area contributed by atoms with Crippen molar-refractivity contribution in [2.45, 2.75) is 207 Å². The Bertz CT molecular complexity index is 405. The van der Waals surface area contributed by atoms with Gasteiger partial charge in [-0.15, -0.1) is 9.05 Å². The highest BCUT2D eigenvalue weighted by atomic mass is 31.1. The van der Waals surface area contributed by atoms with Gasteiger partial charge >= 0.3 is 8.25 Å². The van der Waals surface area contributed by atoms with E-state index in [1.54, 1.807) is 0 Å². The van der Waals surface area contributed by atoms with Gasteiger partial charge in [-0.2, -0.15) is 0 Å². The fourth-order valence-electron chi connectivity index (χ4n) is 4.97. The quantitative estimate of drug-likeness (QED) is 0.0685. The average molecular weight is 530 g/mol. The molecule has 0 aliphatic carbocycles.